The molecule has 0 unspecified atom stereocenters. The second kappa shape index (κ2) is 4.67. The number of ether oxygens (including phenoxy) is 1. The Morgan fingerprint density at radius 3 is 2.67 bits per heavy atom. The van der Waals surface area contributed by atoms with Gasteiger partial charge in [0.1, 0.15) is 11.9 Å². The standard InChI is InChI=1S/C13H19NO/c1-10-6-2-4-8-12(10)15-13-9-5-3-7-11(13)14/h2,4,6,8,11,13H,3,5,7,9,14H2,1H3/t11-,13+/m0/s1. The molecule has 82 valence electrons. The lowest BCUT2D eigenvalue weighted by atomic mass is 9.93. The highest BCUT2D eigenvalue weighted by molar-refractivity contribution is 5.32. The summed E-state index contributed by atoms with van der Waals surface area (Å²) < 4.78 is 5.97. The minimum absolute atomic E-state index is 0.207. The van der Waals surface area contributed by atoms with Crippen molar-refractivity contribution < 1.29 is 4.74 Å². The summed E-state index contributed by atoms with van der Waals surface area (Å²) in [5.41, 5.74) is 7.24. The Kier molecular flexibility index (Phi) is 3.27. The van der Waals surface area contributed by atoms with Crippen LogP contribution >= 0.6 is 0 Å². The fraction of sp³-hybridized carbons (Fsp3) is 0.538. The maximum atomic E-state index is 6.05. The summed E-state index contributed by atoms with van der Waals surface area (Å²) in [6, 6.07) is 8.35. The SMILES string of the molecule is Cc1ccccc1O[C@@H]1CCCC[C@@H]1N. The van der Waals surface area contributed by atoms with E-state index in [1.165, 1.54) is 18.4 Å². The maximum Gasteiger partial charge on any atom is 0.122 e. The highest BCUT2D eigenvalue weighted by Crippen LogP contribution is 2.24. The molecule has 15 heavy (non-hydrogen) atoms. The van der Waals surface area contributed by atoms with E-state index in [-0.39, 0.29) is 12.1 Å². The molecule has 1 aromatic rings. The molecule has 2 N–H and O–H groups in total. The summed E-state index contributed by atoms with van der Waals surface area (Å²) in [5, 5.41) is 0. The summed E-state index contributed by atoms with van der Waals surface area (Å²) in [7, 11) is 0. The monoisotopic (exact) mass is 205 g/mol. The van der Waals surface area contributed by atoms with Crippen LogP contribution in [-0.2, 0) is 0 Å². The highest BCUT2D eigenvalue weighted by atomic mass is 16.5. The van der Waals surface area contributed by atoms with Crippen molar-refractivity contribution >= 4 is 0 Å². The van der Waals surface area contributed by atoms with Crippen molar-refractivity contribution in [3.63, 3.8) is 0 Å². The summed E-state index contributed by atoms with van der Waals surface area (Å²) in [6.07, 6.45) is 4.88. The average molecular weight is 205 g/mol. The minimum atomic E-state index is 0.207. The van der Waals surface area contributed by atoms with Gasteiger partial charge in [0, 0.05) is 6.04 Å². The van der Waals surface area contributed by atoms with E-state index in [1.54, 1.807) is 0 Å². The zero-order valence-electron chi connectivity index (χ0n) is 9.28. The zero-order valence-corrected chi connectivity index (χ0v) is 9.28. The third-order valence-electron chi connectivity index (χ3n) is 3.13. The molecule has 2 rings (SSSR count). The lowest BCUT2D eigenvalue weighted by Crippen LogP contribution is -2.41. The van der Waals surface area contributed by atoms with Gasteiger partial charge in [0.25, 0.3) is 0 Å². The van der Waals surface area contributed by atoms with E-state index in [1.807, 2.05) is 18.2 Å². The van der Waals surface area contributed by atoms with Crippen LogP contribution in [0.3, 0.4) is 0 Å². The first kappa shape index (κ1) is 10.5. The van der Waals surface area contributed by atoms with E-state index < -0.39 is 0 Å². The Hall–Kier alpha value is -1.02. The van der Waals surface area contributed by atoms with Crippen LogP contribution in [0.5, 0.6) is 5.75 Å². The van der Waals surface area contributed by atoms with Crippen molar-refractivity contribution in [2.45, 2.75) is 44.8 Å². The van der Waals surface area contributed by atoms with Gasteiger partial charge in [-0.2, -0.15) is 0 Å². The van der Waals surface area contributed by atoms with Crippen LogP contribution in [0.25, 0.3) is 0 Å². The van der Waals surface area contributed by atoms with Crippen molar-refractivity contribution in [3.05, 3.63) is 29.8 Å². The van der Waals surface area contributed by atoms with E-state index >= 15 is 0 Å². The molecule has 2 heteroatoms. The highest BCUT2D eigenvalue weighted by Gasteiger charge is 2.23. The van der Waals surface area contributed by atoms with Crippen molar-refractivity contribution in [3.8, 4) is 5.75 Å². The van der Waals surface area contributed by atoms with Gasteiger partial charge in [-0.25, -0.2) is 0 Å². The van der Waals surface area contributed by atoms with E-state index in [0.717, 1.165) is 18.6 Å². The van der Waals surface area contributed by atoms with Crippen molar-refractivity contribution in [2.24, 2.45) is 5.73 Å². The molecule has 0 saturated heterocycles. The van der Waals surface area contributed by atoms with Gasteiger partial charge < -0.3 is 10.5 Å². The van der Waals surface area contributed by atoms with Crippen LogP contribution in [0.15, 0.2) is 24.3 Å². The normalized spacial score (nSPS) is 26.3. The van der Waals surface area contributed by atoms with Crippen LogP contribution in [0, 0.1) is 6.92 Å². The van der Waals surface area contributed by atoms with Gasteiger partial charge in [-0.05, 0) is 37.8 Å². The van der Waals surface area contributed by atoms with Gasteiger partial charge in [0.2, 0.25) is 0 Å². The van der Waals surface area contributed by atoms with Gasteiger partial charge in [-0.3, -0.25) is 0 Å². The quantitative estimate of drug-likeness (QED) is 0.805. The molecule has 0 bridgehead atoms. The number of benzene rings is 1. The number of aryl methyl sites for hydroxylation is 1. The van der Waals surface area contributed by atoms with E-state index in [4.69, 9.17) is 10.5 Å². The topological polar surface area (TPSA) is 35.2 Å². The molecule has 1 aromatic carbocycles. The lowest BCUT2D eigenvalue weighted by molar-refractivity contribution is 0.131. The van der Waals surface area contributed by atoms with Crippen molar-refractivity contribution in [1.82, 2.24) is 0 Å². The van der Waals surface area contributed by atoms with Gasteiger partial charge >= 0.3 is 0 Å². The molecular weight excluding hydrogens is 186 g/mol. The molecule has 0 spiro atoms. The molecule has 2 nitrogen and oxygen atoms in total. The Morgan fingerprint density at radius 2 is 1.93 bits per heavy atom. The number of hydrogen-bond acceptors (Lipinski definition) is 2. The molecule has 0 aliphatic heterocycles. The largest absolute Gasteiger partial charge is 0.489 e. The molecule has 0 radical (unpaired) electrons. The van der Waals surface area contributed by atoms with Crippen LogP contribution in [-0.4, -0.2) is 12.1 Å². The van der Waals surface area contributed by atoms with Crippen LogP contribution < -0.4 is 10.5 Å². The summed E-state index contributed by atoms with van der Waals surface area (Å²) >= 11 is 0. The van der Waals surface area contributed by atoms with Crippen molar-refractivity contribution in [2.75, 3.05) is 0 Å². The van der Waals surface area contributed by atoms with Gasteiger partial charge in [0.15, 0.2) is 0 Å². The van der Waals surface area contributed by atoms with E-state index in [0.29, 0.717) is 0 Å². The fourth-order valence-corrected chi connectivity index (χ4v) is 2.12. The molecule has 0 aromatic heterocycles. The third-order valence-corrected chi connectivity index (χ3v) is 3.13. The second-order valence-corrected chi connectivity index (χ2v) is 4.37. The molecule has 1 fully saturated rings. The van der Waals surface area contributed by atoms with Crippen molar-refractivity contribution in [1.29, 1.82) is 0 Å². The van der Waals surface area contributed by atoms with E-state index in [2.05, 4.69) is 13.0 Å². The number of hydrogen-bond donors (Lipinski definition) is 1. The summed E-state index contributed by atoms with van der Waals surface area (Å²) in [5.74, 6) is 0.986. The first-order chi connectivity index (χ1) is 7.27. The minimum Gasteiger partial charge on any atom is -0.489 e. The zero-order chi connectivity index (χ0) is 10.7. The van der Waals surface area contributed by atoms with Gasteiger partial charge in [-0.15, -0.1) is 0 Å². The number of para-hydroxylation sites is 1. The number of rotatable bonds is 2. The summed E-state index contributed by atoms with van der Waals surface area (Å²) in [4.78, 5) is 0. The Balaban J connectivity index is 2.04. The van der Waals surface area contributed by atoms with Gasteiger partial charge in [-0.1, -0.05) is 24.6 Å². The predicted octanol–water partition coefficient (Wildman–Crippen LogP) is 2.64. The first-order valence-electron chi connectivity index (χ1n) is 5.75. The van der Waals surface area contributed by atoms with Crippen LogP contribution in [0.4, 0.5) is 0 Å². The molecule has 1 saturated carbocycles. The van der Waals surface area contributed by atoms with Gasteiger partial charge in [0.05, 0.1) is 0 Å². The number of nitrogens with two attached hydrogens (primary N) is 1. The summed E-state index contributed by atoms with van der Waals surface area (Å²) in [6.45, 7) is 2.07. The fourth-order valence-electron chi connectivity index (χ4n) is 2.12. The predicted molar refractivity (Wildman–Crippen MR) is 62.0 cm³/mol. The molecular formula is C13H19NO. The first-order valence-corrected chi connectivity index (χ1v) is 5.75. The Morgan fingerprint density at radius 1 is 1.20 bits per heavy atom. The Labute approximate surface area is 91.4 Å². The molecule has 1 aliphatic carbocycles. The smallest absolute Gasteiger partial charge is 0.122 e. The molecule has 0 amide bonds. The van der Waals surface area contributed by atoms with Crippen LogP contribution in [0.1, 0.15) is 31.2 Å². The maximum absolute atomic E-state index is 6.05. The third kappa shape index (κ3) is 2.51. The second-order valence-electron chi connectivity index (χ2n) is 4.37. The molecule has 0 heterocycles. The van der Waals surface area contributed by atoms with Crippen LogP contribution in [0.2, 0.25) is 0 Å². The molecule has 1 aliphatic rings. The average Bonchev–Trinajstić information content (AvgIpc) is 2.24. The Bertz CT molecular complexity index is 324. The molecule has 2 atom stereocenters. The lowest BCUT2D eigenvalue weighted by Gasteiger charge is -2.29. The van der Waals surface area contributed by atoms with E-state index in [9.17, 15) is 0 Å².